The van der Waals surface area contributed by atoms with E-state index in [4.69, 9.17) is 4.74 Å². The molecule has 2 aliphatic rings. The van der Waals surface area contributed by atoms with Crippen molar-refractivity contribution in [2.24, 2.45) is 5.10 Å². The maximum atomic E-state index is 13.2. The first-order valence-corrected chi connectivity index (χ1v) is 12.2. The summed E-state index contributed by atoms with van der Waals surface area (Å²) in [6.45, 7) is 1.74. The van der Waals surface area contributed by atoms with Crippen molar-refractivity contribution < 1.29 is 14.3 Å². The SMILES string of the molecule is O=C(CCC(=O)N(CC1CCCO1)c1nc2ccccc2s1)N1CCC(c2ccccc2)=N1. The second kappa shape index (κ2) is 9.80. The largest absolute Gasteiger partial charge is 0.376 e. The summed E-state index contributed by atoms with van der Waals surface area (Å²) in [7, 11) is 0. The number of nitrogens with zero attached hydrogens (tertiary/aromatic N) is 4. The molecule has 1 unspecified atom stereocenters. The predicted molar refractivity (Wildman–Crippen MR) is 129 cm³/mol. The number of hydrogen-bond donors (Lipinski definition) is 0. The Labute approximate surface area is 196 Å². The molecule has 0 aliphatic carbocycles. The number of hydrogen-bond acceptors (Lipinski definition) is 6. The molecular formula is C25H26N4O3S. The zero-order valence-corrected chi connectivity index (χ0v) is 19.2. The molecule has 8 heteroatoms. The smallest absolute Gasteiger partial charge is 0.243 e. The van der Waals surface area contributed by atoms with Gasteiger partial charge in [-0.3, -0.25) is 14.5 Å². The van der Waals surface area contributed by atoms with Crippen LogP contribution >= 0.6 is 11.3 Å². The van der Waals surface area contributed by atoms with Gasteiger partial charge in [0.05, 0.1) is 35.1 Å². The maximum absolute atomic E-state index is 13.2. The van der Waals surface area contributed by atoms with E-state index < -0.39 is 0 Å². The molecule has 3 aromatic rings. The lowest BCUT2D eigenvalue weighted by Gasteiger charge is -2.23. The van der Waals surface area contributed by atoms with E-state index in [0.29, 0.717) is 18.2 Å². The fourth-order valence-electron chi connectivity index (χ4n) is 4.20. The van der Waals surface area contributed by atoms with E-state index in [0.717, 1.165) is 47.4 Å². The first-order valence-electron chi connectivity index (χ1n) is 11.4. The highest BCUT2D eigenvalue weighted by molar-refractivity contribution is 7.22. The van der Waals surface area contributed by atoms with Gasteiger partial charge in [-0.05, 0) is 30.5 Å². The van der Waals surface area contributed by atoms with Crippen molar-refractivity contribution in [2.45, 2.75) is 38.2 Å². The zero-order chi connectivity index (χ0) is 22.6. The number of hydrazone groups is 1. The van der Waals surface area contributed by atoms with Gasteiger partial charge in [-0.1, -0.05) is 53.8 Å². The Balaban J connectivity index is 1.26. The minimum atomic E-state index is -0.129. The van der Waals surface area contributed by atoms with Gasteiger partial charge in [0.25, 0.3) is 0 Å². The van der Waals surface area contributed by atoms with Gasteiger partial charge in [0.2, 0.25) is 11.8 Å². The minimum Gasteiger partial charge on any atom is -0.376 e. The first kappa shape index (κ1) is 21.7. The Kier molecular flexibility index (Phi) is 6.46. The third kappa shape index (κ3) is 4.96. The summed E-state index contributed by atoms with van der Waals surface area (Å²) in [6.07, 6.45) is 2.90. The van der Waals surface area contributed by atoms with Crippen LogP contribution in [0.25, 0.3) is 10.2 Å². The summed E-state index contributed by atoms with van der Waals surface area (Å²) in [5.74, 6) is -0.236. The summed E-state index contributed by atoms with van der Waals surface area (Å²) in [6, 6.07) is 17.7. The number of ether oxygens (including phenoxy) is 1. The number of anilines is 1. The normalized spacial score (nSPS) is 18.0. The van der Waals surface area contributed by atoms with Gasteiger partial charge in [-0.25, -0.2) is 9.99 Å². The topological polar surface area (TPSA) is 75.1 Å². The van der Waals surface area contributed by atoms with Gasteiger partial charge in [0.1, 0.15) is 0 Å². The van der Waals surface area contributed by atoms with Crippen LogP contribution < -0.4 is 4.90 Å². The Morgan fingerprint density at radius 2 is 1.91 bits per heavy atom. The molecule has 0 bridgehead atoms. The molecule has 1 saturated heterocycles. The van der Waals surface area contributed by atoms with Crippen LogP contribution in [0.4, 0.5) is 5.13 Å². The highest BCUT2D eigenvalue weighted by atomic mass is 32.1. The molecule has 0 saturated carbocycles. The van der Waals surface area contributed by atoms with Crippen molar-refractivity contribution in [1.29, 1.82) is 0 Å². The minimum absolute atomic E-state index is 0.00766. The lowest BCUT2D eigenvalue weighted by atomic mass is 10.1. The van der Waals surface area contributed by atoms with E-state index in [1.54, 1.807) is 4.90 Å². The fourth-order valence-corrected chi connectivity index (χ4v) is 5.19. The number of carbonyl (C=O) groups excluding carboxylic acids is 2. The second-order valence-electron chi connectivity index (χ2n) is 8.28. The highest BCUT2D eigenvalue weighted by Gasteiger charge is 2.28. The van der Waals surface area contributed by atoms with Gasteiger partial charge in [0.15, 0.2) is 5.13 Å². The van der Waals surface area contributed by atoms with Gasteiger partial charge < -0.3 is 4.74 Å². The van der Waals surface area contributed by atoms with Gasteiger partial charge in [0, 0.05) is 25.9 Å². The average Bonchev–Trinajstić information content (AvgIpc) is 3.61. The standard InChI is InChI=1S/C25H26N4O3S/c30-23(12-13-24(31)29-15-14-20(27-29)18-7-2-1-3-8-18)28(17-19-9-6-16-32-19)25-26-21-10-4-5-11-22(21)33-25/h1-5,7-8,10-11,19H,6,9,12-17H2. The van der Waals surface area contributed by atoms with Crippen LogP contribution in [0, 0.1) is 0 Å². The van der Waals surface area contributed by atoms with Crippen LogP contribution in [-0.2, 0) is 14.3 Å². The molecule has 2 aliphatic heterocycles. The number of thiazole rings is 1. The summed E-state index contributed by atoms with van der Waals surface area (Å²) < 4.78 is 6.82. The number of aromatic nitrogens is 1. The second-order valence-corrected chi connectivity index (χ2v) is 9.29. The summed E-state index contributed by atoms with van der Waals surface area (Å²) in [4.78, 5) is 32.4. The third-order valence-electron chi connectivity index (χ3n) is 5.97. The van der Waals surface area contributed by atoms with Crippen LogP contribution in [0.5, 0.6) is 0 Å². The predicted octanol–water partition coefficient (Wildman–Crippen LogP) is 4.23. The molecular weight excluding hydrogens is 436 g/mol. The molecule has 33 heavy (non-hydrogen) atoms. The summed E-state index contributed by atoms with van der Waals surface area (Å²) in [5.41, 5.74) is 2.81. The molecule has 2 amide bonds. The number of benzene rings is 2. The lowest BCUT2D eigenvalue weighted by Crippen LogP contribution is -2.38. The van der Waals surface area contributed by atoms with Crippen LogP contribution in [0.3, 0.4) is 0 Å². The molecule has 2 aromatic carbocycles. The van der Waals surface area contributed by atoms with Crippen molar-refractivity contribution in [1.82, 2.24) is 9.99 Å². The zero-order valence-electron chi connectivity index (χ0n) is 18.4. The van der Waals surface area contributed by atoms with Gasteiger partial charge in [-0.15, -0.1) is 0 Å². The number of para-hydroxylation sites is 1. The van der Waals surface area contributed by atoms with E-state index in [1.807, 2.05) is 54.6 Å². The Morgan fingerprint density at radius 3 is 2.70 bits per heavy atom. The molecule has 3 heterocycles. The molecule has 170 valence electrons. The highest BCUT2D eigenvalue weighted by Crippen LogP contribution is 2.30. The monoisotopic (exact) mass is 462 g/mol. The third-order valence-corrected chi connectivity index (χ3v) is 7.03. The molecule has 5 rings (SSSR count). The number of fused-ring (bicyclic) bond motifs is 1. The lowest BCUT2D eigenvalue weighted by molar-refractivity contribution is -0.132. The maximum Gasteiger partial charge on any atom is 0.243 e. The Hall–Kier alpha value is -3.10. The van der Waals surface area contributed by atoms with Crippen molar-refractivity contribution in [2.75, 3.05) is 24.6 Å². The van der Waals surface area contributed by atoms with Crippen LogP contribution in [-0.4, -0.2) is 53.3 Å². The van der Waals surface area contributed by atoms with Gasteiger partial charge in [-0.2, -0.15) is 5.10 Å². The Morgan fingerprint density at radius 1 is 1.09 bits per heavy atom. The molecule has 0 spiro atoms. The molecule has 1 aromatic heterocycles. The Bertz CT molecular complexity index is 1140. The number of rotatable bonds is 7. The van der Waals surface area contributed by atoms with E-state index in [9.17, 15) is 9.59 Å². The molecule has 0 radical (unpaired) electrons. The molecule has 7 nitrogen and oxygen atoms in total. The quantitative estimate of drug-likeness (QED) is 0.527. The first-order chi connectivity index (χ1) is 16.2. The molecule has 0 N–H and O–H groups in total. The van der Waals surface area contributed by atoms with Crippen LogP contribution in [0.15, 0.2) is 59.7 Å². The average molecular weight is 463 g/mol. The molecule has 1 fully saturated rings. The van der Waals surface area contributed by atoms with Crippen LogP contribution in [0.2, 0.25) is 0 Å². The summed E-state index contributed by atoms with van der Waals surface area (Å²) >= 11 is 1.50. The molecule has 1 atom stereocenters. The van der Waals surface area contributed by atoms with Gasteiger partial charge >= 0.3 is 0 Å². The van der Waals surface area contributed by atoms with E-state index in [2.05, 4.69) is 10.1 Å². The van der Waals surface area contributed by atoms with E-state index in [-0.39, 0.29) is 30.8 Å². The van der Waals surface area contributed by atoms with Crippen molar-refractivity contribution in [3.63, 3.8) is 0 Å². The van der Waals surface area contributed by atoms with Crippen LogP contribution in [0.1, 0.15) is 37.7 Å². The fraction of sp³-hybridized carbons (Fsp3) is 0.360. The van der Waals surface area contributed by atoms with Crippen molar-refractivity contribution >= 4 is 44.2 Å². The number of carbonyl (C=O) groups is 2. The van der Waals surface area contributed by atoms with Crippen molar-refractivity contribution in [3.05, 3.63) is 60.2 Å². The van der Waals surface area contributed by atoms with E-state index in [1.165, 1.54) is 16.3 Å². The van der Waals surface area contributed by atoms with E-state index >= 15 is 0 Å². The number of amides is 2. The van der Waals surface area contributed by atoms with Crippen molar-refractivity contribution in [3.8, 4) is 0 Å². The summed E-state index contributed by atoms with van der Waals surface area (Å²) in [5, 5.41) is 6.66.